The number of thiazole rings is 1. The van der Waals surface area contributed by atoms with Crippen molar-refractivity contribution in [3.63, 3.8) is 0 Å². The van der Waals surface area contributed by atoms with Crippen molar-refractivity contribution in [1.82, 2.24) is 14.9 Å². The van der Waals surface area contributed by atoms with Crippen molar-refractivity contribution in [1.29, 1.82) is 0 Å². The standard InChI is InChI=1S/C20H20FN3O2S/c1-13-19(20(25)24-11-3-5-17(24)16-4-2-10-22-16)27-18(23-13)12-26-15-8-6-14(21)7-9-15/h2,4,6-10,17,22H,3,5,11-12H2,1H3/t17-/m0/s1. The highest BCUT2D eigenvalue weighted by atomic mass is 32.1. The van der Waals surface area contributed by atoms with E-state index in [4.69, 9.17) is 4.74 Å². The molecule has 4 rings (SSSR count). The molecule has 1 saturated heterocycles. The maximum atomic E-state index is 13.1. The fourth-order valence-corrected chi connectivity index (χ4v) is 4.34. The summed E-state index contributed by atoms with van der Waals surface area (Å²) in [6.45, 7) is 2.86. The van der Waals surface area contributed by atoms with E-state index < -0.39 is 0 Å². The number of aromatic nitrogens is 2. The Kier molecular flexibility index (Phi) is 4.94. The molecule has 0 spiro atoms. The van der Waals surface area contributed by atoms with E-state index in [0.29, 0.717) is 10.6 Å². The van der Waals surface area contributed by atoms with E-state index in [1.807, 2.05) is 30.2 Å². The summed E-state index contributed by atoms with van der Waals surface area (Å²) >= 11 is 1.36. The molecule has 140 valence electrons. The molecule has 27 heavy (non-hydrogen) atoms. The van der Waals surface area contributed by atoms with Crippen LogP contribution in [0.15, 0.2) is 42.6 Å². The Bertz CT molecular complexity index is 921. The number of nitrogens with one attached hydrogen (secondary N) is 1. The highest BCUT2D eigenvalue weighted by Crippen LogP contribution is 2.34. The monoisotopic (exact) mass is 385 g/mol. The molecule has 2 aromatic heterocycles. The van der Waals surface area contributed by atoms with E-state index in [-0.39, 0.29) is 24.4 Å². The molecule has 3 heterocycles. The minimum Gasteiger partial charge on any atom is -0.486 e. The zero-order valence-electron chi connectivity index (χ0n) is 14.9. The molecule has 3 aromatic rings. The van der Waals surface area contributed by atoms with E-state index >= 15 is 0 Å². The number of halogens is 1. The maximum absolute atomic E-state index is 13.1. The molecular formula is C20H20FN3O2S. The van der Waals surface area contributed by atoms with Crippen molar-refractivity contribution >= 4 is 17.2 Å². The summed E-state index contributed by atoms with van der Waals surface area (Å²) in [5.74, 6) is 0.293. The SMILES string of the molecule is Cc1nc(COc2ccc(F)cc2)sc1C(=O)N1CCC[C@H]1c1ccc[nH]1. The third kappa shape index (κ3) is 3.73. The van der Waals surface area contributed by atoms with Crippen LogP contribution in [0.2, 0.25) is 0 Å². The summed E-state index contributed by atoms with van der Waals surface area (Å²) in [6, 6.07) is 9.93. The Morgan fingerprint density at radius 3 is 2.93 bits per heavy atom. The minimum atomic E-state index is -0.303. The molecule has 1 fully saturated rings. The molecule has 1 aromatic carbocycles. The zero-order valence-corrected chi connectivity index (χ0v) is 15.8. The number of carbonyl (C=O) groups excluding carboxylic acids is 1. The first kappa shape index (κ1) is 17.7. The van der Waals surface area contributed by atoms with E-state index in [1.165, 1.54) is 23.5 Å². The molecule has 5 nitrogen and oxygen atoms in total. The quantitative estimate of drug-likeness (QED) is 0.705. The van der Waals surface area contributed by atoms with Crippen LogP contribution in [0.25, 0.3) is 0 Å². The molecule has 1 N–H and O–H groups in total. The Morgan fingerprint density at radius 2 is 2.19 bits per heavy atom. The Hall–Kier alpha value is -2.67. The summed E-state index contributed by atoms with van der Waals surface area (Å²) in [5.41, 5.74) is 1.79. The van der Waals surface area contributed by atoms with Gasteiger partial charge in [0.15, 0.2) is 0 Å². The zero-order chi connectivity index (χ0) is 18.8. The lowest BCUT2D eigenvalue weighted by Crippen LogP contribution is -2.30. The molecule has 0 saturated carbocycles. The van der Waals surface area contributed by atoms with Crippen molar-refractivity contribution < 1.29 is 13.9 Å². The van der Waals surface area contributed by atoms with Gasteiger partial charge in [-0.05, 0) is 56.2 Å². The predicted molar refractivity (Wildman–Crippen MR) is 101 cm³/mol. The summed E-state index contributed by atoms with van der Waals surface area (Å²) in [7, 11) is 0. The second kappa shape index (κ2) is 7.52. The number of nitrogens with zero attached hydrogens (tertiary/aromatic N) is 2. The second-order valence-electron chi connectivity index (χ2n) is 6.55. The van der Waals surface area contributed by atoms with E-state index in [9.17, 15) is 9.18 Å². The highest BCUT2D eigenvalue weighted by Gasteiger charge is 2.33. The second-order valence-corrected chi connectivity index (χ2v) is 7.63. The minimum absolute atomic E-state index is 0.0233. The average Bonchev–Trinajstić information content (AvgIpc) is 3.41. The third-order valence-electron chi connectivity index (χ3n) is 4.71. The molecule has 1 aliphatic heterocycles. The summed E-state index contributed by atoms with van der Waals surface area (Å²) in [6.07, 6.45) is 3.84. The first-order valence-electron chi connectivity index (χ1n) is 8.91. The number of aromatic amines is 1. The lowest BCUT2D eigenvalue weighted by Gasteiger charge is -2.23. The van der Waals surface area contributed by atoms with Gasteiger partial charge in [0, 0.05) is 18.4 Å². The largest absolute Gasteiger partial charge is 0.486 e. The Balaban J connectivity index is 1.47. The van der Waals surface area contributed by atoms with Crippen LogP contribution < -0.4 is 4.74 Å². The van der Waals surface area contributed by atoms with Crippen LogP contribution in [0, 0.1) is 12.7 Å². The van der Waals surface area contributed by atoms with Gasteiger partial charge in [-0.25, -0.2) is 9.37 Å². The van der Waals surface area contributed by atoms with Gasteiger partial charge in [0.2, 0.25) is 0 Å². The molecule has 0 bridgehead atoms. The van der Waals surface area contributed by atoms with Gasteiger partial charge in [-0.15, -0.1) is 11.3 Å². The van der Waals surface area contributed by atoms with Gasteiger partial charge in [0.1, 0.15) is 28.1 Å². The third-order valence-corrected chi connectivity index (χ3v) is 5.82. The van der Waals surface area contributed by atoms with Crippen LogP contribution in [-0.4, -0.2) is 27.3 Å². The summed E-state index contributed by atoms with van der Waals surface area (Å²) in [5, 5.41) is 0.732. The van der Waals surface area contributed by atoms with Crippen LogP contribution in [0.1, 0.15) is 45.0 Å². The van der Waals surface area contributed by atoms with E-state index in [2.05, 4.69) is 9.97 Å². The molecule has 1 aliphatic rings. The first-order chi connectivity index (χ1) is 13.1. The number of hydrogen-bond acceptors (Lipinski definition) is 4. The molecule has 1 amide bonds. The van der Waals surface area contributed by atoms with Crippen molar-refractivity contribution in [3.8, 4) is 5.75 Å². The Morgan fingerprint density at radius 1 is 1.37 bits per heavy atom. The molecule has 0 unspecified atom stereocenters. The number of aryl methyl sites for hydroxylation is 1. The lowest BCUT2D eigenvalue weighted by molar-refractivity contribution is 0.0737. The topological polar surface area (TPSA) is 58.2 Å². The molecular weight excluding hydrogens is 365 g/mol. The van der Waals surface area contributed by atoms with Crippen LogP contribution in [-0.2, 0) is 6.61 Å². The van der Waals surface area contributed by atoms with Gasteiger partial charge >= 0.3 is 0 Å². The first-order valence-corrected chi connectivity index (χ1v) is 9.72. The highest BCUT2D eigenvalue weighted by molar-refractivity contribution is 7.13. The van der Waals surface area contributed by atoms with Crippen LogP contribution >= 0.6 is 11.3 Å². The Labute approximate surface area is 160 Å². The van der Waals surface area contributed by atoms with Crippen LogP contribution in [0.5, 0.6) is 5.75 Å². The number of ether oxygens (including phenoxy) is 1. The predicted octanol–water partition coefficient (Wildman–Crippen LogP) is 4.48. The van der Waals surface area contributed by atoms with Crippen LogP contribution in [0.3, 0.4) is 0 Å². The van der Waals surface area contributed by atoms with Crippen LogP contribution in [0.4, 0.5) is 4.39 Å². The van der Waals surface area contributed by atoms with Gasteiger partial charge in [-0.1, -0.05) is 0 Å². The van der Waals surface area contributed by atoms with Gasteiger partial charge < -0.3 is 14.6 Å². The van der Waals surface area contributed by atoms with E-state index in [1.54, 1.807) is 12.1 Å². The number of carbonyl (C=O) groups is 1. The summed E-state index contributed by atoms with van der Waals surface area (Å²) < 4.78 is 18.6. The molecule has 1 atom stereocenters. The number of amides is 1. The molecule has 0 radical (unpaired) electrons. The normalized spacial score (nSPS) is 16.7. The number of rotatable bonds is 5. The fraction of sp³-hybridized carbons (Fsp3) is 0.300. The number of hydrogen-bond donors (Lipinski definition) is 1. The number of benzene rings is 1. The molecule has 7 heteroatoms. The van der Waals surface area contributed by atoms with Crippen molar-refractivity contribution in [3.05, 3.63) is 69.7 Å². The van der Waals surface area contributed by atoms with Crippen molar-refractivity contribution in [2.75, 3.05) is 6.54 Å². The van der Waals surface area contributed by atoms with Crippen molar-refractivity contribution in [2.45, 2.75) is 32.4 Å². The average molecular weight is 385 g/mol. The lowest BCUT2D eigenvalue weighted by atomic mass is 10.1. The van der Waals surface area contributed by atoms with Gasteiger partial charge in [-0.3, -0.25) is 4.79 Å². The van der Waals surface area contributed by atoms with Gasteiger partial charge in [0.05, 0.1) is 11.7 Å². The molecule has 0 aliphatic carbocycles. The summed E-state index contributed by atoms with van der Waals surface area (Å²) in [4.78, 5) is 23.4. The number of likely N-dealkylation sites (tertiary alicyclic amines) is 1. The van der Waals surface area contributed by atoms with E-state index in [0.717, 1.165) is 35.8 Å². The van der Waals surface area contributed by atoms with Gasteiger partial charge in [0.25, 0.3) is 5.91 Å². The maximum Gasteiger partial charge on any atom is 0.266 e. The number of H-pyrrole nitrogens is 1. The van der Waals surface area contributed by atoms with Gasteiger partial charge in [-0.2, -0.15) is 0 Å². The smallest absolute Gasteiger partial charge is 0.266 e. The fourth-order valence-electron chi connectivity index (χ4n) is 3.40. The van der Waals surface area contributed by atoms with Crippen molar-refractivity contribution in [2.24, 2.45) is 0 Å².